The van der Waals surface area contributed by atoms with Gasteiger partial charge in [-0.2, -0.15) is 0 Å². The second-order valence-electron chi connectivity index (χ2n) is 3.69. The van der Waals surface area contributed by atoms with E-state index in [1.807, 2.05) is 25.1 Å². The van der Waals surface area contributed by atoms with Crippen molar-refractivity contribution >= 4 is 11.6 Å². The number of amides is 1. The van der Waals surface area contributed by atoms with Crippen molar-refractivity contribution in [2.24, 2.45) is 0 Å². The summed E-state index contributed by atoms with van der Waals surface area (Å²) in [6, 6.07) is 7.36. The van der Waals surface area contributed by atoms with Crippen LogP contribution in [0.1, 0.15) is 6.92 Å². The zero-order valence-corrected chi connectivity index (χ0v) is 10.2. The van der Waals surface area contributed by atoms with E-state index in [4.69, 9.17) is 4.74 Å². The molecule has 2 N–H and O–H groups in total. The smallest absolute Gasteiger partial charge is 0.238 e. The first-order valence-electron chi connectivity index (χ1n) is 5.45. The number of hydrogen-bond donors (Lipinski definition) is 2. The van der Waals surface area contributed by atoms with Gasteiger partial charge >= 0.3 is 0 Å². The van der Waals surface area contributed by atoms with Crippen LogP contribution in [-0.2, 0) is 4.79 Å². The lowest BCUT2D eigenvalue weighted by atomic mass is 10.3. The van der Waals surface area contributed by atoms with Gasteiger partial charge in [0.2, 0.25) is 5.91 Å². The van der Waals surface area contributed by atoms with Crippen molar-refractivity contribution in [3.8, 4) is 5.75 Å². The van der Waals surface area contributed by atoms with Gasteiger partial charge in [0.05, 0.1) is 13.7 Å². The first kappa shape index (κ1) is 13.3. The molecule has 1 aromatic rings. The van der Waals surface area contributed by atoms with Gasteiger partial charge in [0.15, 0.2) is 0 Å². The van der Waals surface area contributed by atoms with Gasteiger partial charge in [0.25, 0.3) is 0 Å². The average Bonchev–Trinajstić information content (AvgIpc) is 2.36. The van der Waals surface area contributed by atoms with Crippen LogP contribution < -0.4 is 15.4 Å². The third kappa shape index (κ3) is 4.70. The van der Waals surface area contributed by atoms with E-state index in [1.165, 1.54) is 0 Å². The van der Waals surface area contributed by atoms with E-state index in [0.717, 1.165) is 11.4 Å². The number of carbonyl (C=O) groups is 1. The molecular weight excluding hydrogens is 216 g/mol. The van der Waals surface area contributed by atoms with Crippen LogP contribution in [0.5, 0.6) is 5.75 Å². The fraction of sp³-hybridized carbons (Fsp3) is 0.308. The van der Waals surface area contributed by atoms with E-state index in [2.05, 4.69) is 17.2 Å². The summed E-state index contributed by atoms with van der Waals surface area (Å²) in [7, 11) is 1.59. The molecule has 0 saturated carbocycles. The third-order valence-electron chi connectivity index (χ3n) is 2.29. The Balaban J connectivity index is 2.47. The summed E-state index contributed by atoms with van der Waals surface area (Å²) in [4.78, 5) is 11.6. The maximum Gasteiger partial charge on any atom is 0.238 e. The fourth-order valence-corrected chi connectivity index (χ4v) is 1.24. The summed E-state index contributed by atoms with van der Waals surface area (Å²) in [5.41, 5.74) is 0.724. The van der Waals surface area contributed by atoms with Crippen molar-refractivity contribution in [3.05, 3.63) is 36.9 Å². The Hall–Kier alpha value is -1.81. The van der Waals surface area contributed by atoms with E-state index < -0.39 is 0 Å². The quantitative estimate of drug-likeness (QED) is 0.738. The normalized spacial score (nSPS) is 11.6. The highest BCUT2D eigenvalue weighted by molar-refractivity contribution is 5.92. The Morgan fingerprint density at radius 2 is 2.35 bits per heavy atom. The minimum Gasteiger partial charge on any atom is -0.497 e. The molecule has 0 aliphatic carbocycles. The molecule has 1 aromatic carbocycles. The second-order valence-corrected chi connectivity index (χ2v) is 3.69. The van der Waals surface area contributed by atoms with Crippen LogP contribution in [0.3, 0.4) is 0 Å². The van der Waals surface area contributed by atoms with Crippen LogP contribution in [0.25, 0.3) is 0 Å². The summed E-state index contributed by atoms with van der Waals surface area (Å²) in [5, 5.41) is 5.80. The number of rotatable bonds is 6. The van der Waals surface area contributed by atoms with Gasteiger partial charge < -0.3 is 15.4 Å². The lowest BCUT2D eigenvalue weighted by Gasteiger charge is -2.10. The standard InChI is InChI=1S/C13H18N2O2/c1-4-10(2)14-9-13(16)15-11-6-5-7-12(8-11)17-3/h4-8,10,14H,1,9H2,2-3H3,(H,15,16). The Kier molecular flexibility index (Phi) is 5.23. The SMILES string of the molecule is C=CC(C)NCC(=O)Nc1cccc(OC)c1. The Bertz CT molecular complexity index is 391. The summed E-state index contributed by atoms with van der Waals surface area (Å²) in [5.74, 6) is 0.627. The molecule has 1 unspecified atom stereocenters. The van der Waals surface area contributed by atoms with Crippen molar-refractivity contribution in [1.82, 2.24) is 5.32 Å². The zero-order chi connectivity index (χ0) is 12.7. The van der Waals surface area contributed by atoms with Crippen molar-refractivity contribution < 1.29 is 9.53 Å². The maximum absolute atomic E-state index is 11.6. The van der Waals surface area contributed by atoms with E-state index in [0.29, 0.717) is 0 Å². The lowest BCUT2D eigenvalue weighted by molar-refractivity contribution is -0.115. The summed E-state index contributed by atoms with van der Waals surface area (Å²) >= 11 is 0. The van der Waals surface area contributed by atoms with E-state index in [-0.39, 0.29) is 18.5 Å². The molecule has 0 spiro atoms. The number of methoxy groups -OCH3 is 1. The zero-order valence-electron chi connectivity index (χ0n) is 10.2. The van der Waals surface area contributed by atoms with Gasteiger partial charge in [-0.3, -0.25) is 4.79 Å². The number of carbonyl (C=O) groups excluding carboxylic acids is 1. The fourth-order valence-electron chi connectivity index (χ4n) is 1.24. The second kappa shape index (κ2) is 6.70. The highest BCUT2D eigenvalue weighted by atomic mass is 16.5. The predicted molar refractivity (Wildman–Crippen MR) is 69.3 cm³/mol. The molecule has 1 rings (SSSR count). The highest BCUT2D eigenvalue weighted by Crippen LogP contribution is 2.16. The van der Waals surface area contributed by atoms with Crippen molar-refractivity contribution in [3.63, 3.8) is 0 Å². The molecule has 1 amide bonds. The topological polar surface area (TPSA) is 50.4 Å². The molecule has 0 radical (unpaired) electrons. The van der Waals surface area contributed by atoms with Crippen LogP contribution in [0.4, 0.5) is 5.69 Å². The van der Waals surface area contributed by atoms with Gasteiger partial charge in [-0.25, -0.2) is 0 Å². The molecule has 17 heavy (non-hydrogen) atoms. The maximum atomic E-state index is 11.6. The molecule has 0 heterocycles. The first-order valence-corrected chi connectivity index (χ1v) is 5.45. The summed E-state index contributed by atoms with van der Waals surface area (Å²) in [6.45, 7) is 5.83. The van der Waals surface area contributed by atoms with Crippen LogP contribution in [0, 0.1) is 0 Å². The van der Waals surface area contributed by atoms with E-state index >= 15 is 0 Å². The molecule has 0 aromatic heterocycles. The average molecular weight is 234 g/mol. The molecule has 0 saturated heterocycles. The van der Waals surface area contributed by atoms with Crippen LogP contribution in [0.15, 0.2) is 36.9 Å². The minimum atomic E-state index is -0.0908. The molecule has 4 heteroatoms. The van der Waals surface area contributed by atoms with Gasteiger partial charge in [-0.15, -0.1) is 6.58 Å². The predicted octanol–water partition coefficient (Wildman–Crippen LogP) is 1.80. The molecule has 92 valence electrons. The number of nitrogens with one attached hydrogen (secondary N) is 2. The number of anilines is 1. The third-order valence-corrected chi connectivity index (χ3v) is 2.29. The Labute approximate surface area is 102 Å². The van der Waals surface area contributed by atoms with E-state index in [1.54, 1.807) is 19.3 Å². The van der Waals surface area contributed by atoms with Crippen molar-refractivity contribution in [1.29, 1.82) is 0 Å². The van der Waals surface area contributed by atoms with Crippen LogP contribution in [0.2, 0.25) is 0 Å². The van der Waals surface area contributed by atoms with Crippen molar-refractivity contribution in [2.75, 3.05) is 19.0 Å². The molecule has 1 atom stereocenters. The molecule has 0 fully saturated rings. The Morgan fingerprint density at radius 1 is 1.59 bits per heavy atom. The molecule has 0 bridgehead atoms. The van der Waals surface area contributed by atoms with Gasteiger partial charge in [0.1, 0.15) is 5.75 Å². The molecule has 0 aliphatic heterocycles. The summed E-state index contributed by atoms with van der Waals surface area (Å²) < 4.78 is 5.07. The molecule has 0 aliphatic rings. The van der Waals surface area contributed by atoms with E-state index in [9.17, 15) is 4.79 Å². The number of benzene rings is 1. The number of hydrogen-bond acceptors (Lipinski definition) is 3. The number of ether oxygens (including phenoxy) is 1. The van der Waals surface area contributed by atoms with Crippen LogP contribution in [-0.4, -0.2) is 25.6 Å². The van der Waals surface area contributed by atoms with Gasteiger partial charge in [-0.05, 0) is 19.1 Å². The van der Waals surface area contributed by atoms with Gasteiger partial charge in [0, 0.05) is 17.8 Å². The monoisotopic (exact) mass is 234 g/mol. The highest BCUT2D eigenvalue weighted by Gasteiger charge is 2.04. The largest absolute Gasteiger partial charge is 0.497 e. The van der Waals surface area contributed by atoms with Crippen LogP contribution >= 0.6 is 0 Å². The molecule has 4 nitrogen and oxygen atoms in total. The first-order chi connectivity index (χ1) is 8.15. The minimum absolute atomic E-state index is 0.0908. The molecular formula is C13H18N2O2. The lowest BCUT2D eigenvalue weighted by Crippen LogP contribution is -2.33. The summed E-state index contributed by atoms with van der Waals surface area (Å²) in [6.07, 6.45) is 1.75. The Morgan fingerprint density at radius 3 is 3.00 bits per heavy atom. The van der Waals surface area contributed by atoms with Gasteiger partial charge in [-0.1, -0.05) is 12.1 Å². The van der Waals surface area contributed by atoms with Crippen molar-refractivity contribution in [2.45, 2.75) is 13.0 Å².